The van der Waals surface area contributed by atoms with Gasteiger partial charge in [-0.2, -0.15) is 0 Å². The average Bonchev–Trinajstić information content (AvgIpc) is 2.78. The van der Waals surface area contributed by atoms with Gasteiger partial charge in [0.15, 0.2) is 6.10 Å². The number of halogens is 1. The van der Waals surface area contributed by atoms with Crippen LogP contribution >= 0.6 is 0 Å². The number of carbonyl (C=O) groups excluding carboxylic acids is 2. The summed E-state index contributed by atoms with van der Waals surface area (Å²) in [6.45, 7) is 4.37. The number of nitrogens with one attached hydrogen (secondary N) is 1. The summed E-state index contributed by atoms with van der Waals surface area (Å²) >= 11 is 0. The molecule has 1 N–H and O–H groups in total. The fraction of sp³-hybridized carbons (Fsp3) is 0.200. The predicted octanol–water partition coefficient (Wildman–Crippen LogP) is 4.58. The number of anilines is 2. The summed E-state index contributed by atoms with van der Waals surface area (Å²) in [6.07, 6.45) is -0.662. The van der Waals surface area contributed by atoms with Crippen LogP contribution in [0.2, 0.25) is 0 Å². The molecule has 3 aromatic rings. The number of carbonyl (C=O) groups is 2. The lowest BCUT2D eigenvalue weighted by Crippen LogP contribution is -2.46. The van der Waals surface area contributed by atoms with Crippen LogP contribution in [0.3, 0.4) is 0 Å². The molecule has 0 aromatic heterocycles. The van der Waals surface area contributed by atoms with Crippen molar-refractivity contribution in [3.05, 3.63) is 83.7 Å². The summed E-state index contributed by atoms with van der Waals surface area (Å²) < 4.78 is 24.6. The van der Waals surface area contributed by atoms with E-state index < -0.39 is 11.9 Å². The highest BCUT2D eigenvalue weighted by molar-refractivity contribution is 6.05. The van der Waals surface area contributed by atoms with Gasteiger partial charge in [0, 0.05) is 17.3 Å². The van der Waals surface area contributed by atoms with Crippen LogP contribution in [-0.2, 0) is 4.79 Å². The maximum absolute atomic E-state index is 13.1. The standard InChI is InChI=1S/C25H23FN2O4/c1-16-3-10-21(11-4-16)31-14-13-28-22-12-9-20(15-23(22)32-17(2)25(28)30)27-24(29)18-5-7-19(26)8-6-18/h3-12,15,17H,13-14H2,1-2H3,(H,27,29). The number of hydrogen-bond acceptors (Lipinski definition) is 4. The molecule has 0 radical (unpaired) electrons. The van der Waals surface area contributed by atoms with E-state index in [1.54, 1.807) is 30.0 Å². The molecule has 4 rings (SSSR count). The van der Waals surface area contributed by atoms with Crippen molar-refractivity contribution in [1.29, 1.82) is 0 Å². The van der Waals surface area contributed by atoms with Gasteiger partial charge in [-0.1, -0.05) is 17.7 Å². The van der Waals surface area contributed by atoms with Crippen LogP contribution in [0.4, 0.5) is 15.8 Å². The van der Waals surface area contributed by atoms with E-state index in [2.05, 4.69) is 5.32 Å². The fourth-order valence-electron chi connectivity index (χ4n) is 3.41. The minimum absolute atomic E-state index is 0.159. The van der Waals surface area contributed by atoms with Crippen LogP contribution in [0.25, 0.3) is 0 Å². The molecule has 32 heavy (non-hydrogen) atoms. The molecule has 0 bridgehead atoms. The zero-order valence-corrected chi connectivity index (χ0v) is 17.8. The SMILES string of the molecule is Cc1ccc(OCCN2C(=O)C(C)Oc3cc(NC(=O)c4ccc(F)cc4)ccc32)cc1. The van der Waals surface area contributed by atoms with Crippen LogP contribution < -0.4 is 19.7 Å². The Labute approximate surface area is 185 Å². The molecule has 3 aromatic carbocycles. The Balaban J connectivity index is 1.46. The minimum atomic E-state index is -0.662. The lowest BCUT2D eigenvalue weighted by Gasteiger charge is -2.33. The normalized spacial score (nSPS) is 15.0. The van der Waals surface area contributed by atoms with Crippen molar-refractivity contribution in [2.45, 2.75) is 20.0 Å². The molecule has 1 atom stereocenters. The summed E-state index contributed by atoms with van der Waals surface area (Å²) in [6, 6.07) is 18.1. The number of fused-ring (bicyclic) bond motifs is 1. The zero-order chi connectivity index (χ0) is 22.7. The second kappa shape index (κ2) is 9.09. The highest BCUT2D eigenvalue weighted by Gasteiger charge is 2.31. The molecule has 164 valence electrons. The van der Waals surface area contributed by atoms with Gasteiger partial charge in [0.2, 0.25) is 0 Å². The first kappa shape index (κ1) is 21.4. The van der Waals surface area contributed by atoms with Crippen LogP contribution in [-0.4, -0.2) is 31.1 Å². The Morgan fingerprint density at radius 2 is 1.81 bits per heavy atom. The smallest absolute Gasteiger partial charge is 0.267 e. The number of ether oxygens (including phenoxy) is 2. The monoisotopic (exact) mass is 434 g/mol. The third kappa shape index (κ3) is 4.72. The number of rotatable bonds is 6. The molecular weight excluding hydrogens is 411 g/mol. The van der Waals surface area contributed by atoms with Crippen LogP contribution in [0.15, 0.2) is 66.7 Å². The summed E-state index contributed by atoms with van der Waals surface area (Å²) in [4.78, 5) is 26.7. The van der Waals surface area contributed by atoms with Crippen LogP contribution in [0.1, 0.15) is 22.8 Å². The van der Waals surface area contributed by atoms with E-state index in [4.69, 9.17) is 9.47 Å². The van der Waals surface area contributed by atoms with E-state index in [0.717, 1.165) is 11.3 Å². The van der Waals surface area contributed by atoms with Crippen molar-refractivity contribution in [2.75, 3.05) is 23.4 Å². The van der Waals surface area contributed by atoms with Gasteiger partial charge >= 0.3 is 0 Å². The van der Waals surface area contributed by atoms with Crippen LogP contribution in [0.5, 0.6) is 11.5 Å². The lowest BCUT2D eigenvalue weighted by molar-refractivity contribution is -0.125. The lowest BCUT2D eigenvalue weighted by atomic mass is 10.1. The van der Waals surface area contributed by atoms with Crippen molar-refractivity contribution >= 4 is 23.2 Å². The molecular formula is C25H23FN2O4. The first-order valence-electron chi connectivity index (χ1n) is 10.3. The maximum Gasteiger partial charge on any atom is 0.267 e. The van der Waals surface area contributed by atoms with Gasteiger partial charge in [-0.05, 0) is 62.4 Å². The molecule has 2 amide bonds. The topological polar surface area (TPSA) is 67.9 Å². The summed E-state index contributed by atoms with van der Waals surface area (Å²) in [5.41, 5.74) is 2.60. The van der Waals surface area contributed by atoms with E-state index in [-0.39, 0.29) is 11.8 Å². The Kier molecular flexibility index (Phi) is 6.07. The van der Waals surface area contributed by atoms with E-state index >= 15 is 0 Å². The third-order valence-electron chi connectivity index (χ3n) is 5.14. The second-order valence-electron chi connectivity index (χ2n) is 7.55. The predicted molar refractivity (Wildman–Crippen MR) is 120 cm³/mol. The van der Waals surface area contributed by atoms with Gasteiger partial charge in [-0.3, -0.25) is 9.59 Å². The van der Waals surface area contributed by atoms with Crippen LogP contribution in [0, 0.1) is 12.7 Å². The quantitative estimate of drug-likeness (QED) is 0.617. The molecule has 7 heteroatoms. The Morgan fingerprint density at radius 3 is 2.53 bits per heavy atom. The maximum atomic E-state index is 13.1. The highest BCUT2D eigenvalue weighted by Crippen LogP contribution is 2.36. The number of aryl methyl sites for hydroxylation is 1. The fourth-order valence-corrected chi connectivity index (χ4v) is 3.41. The highest BCUT2D eigenvalue weighted by atomic mass is 19.1. The third-order valence-corrected chi connectivity index (χ3v) is 5.14. The van der Waals surface area contributed by atoms with E-state index in [9.17, 15) is 14.0 Å². The summed E-state index contributed by atoms with van der Waals surface area (Å²) in [7, 11) is 0. The largest absolute Gasteiger partial charge is 0.492 e. The molecule has 0 aliphatic carbocycles. The summed E-state index contributed by atoms with van der Waals surface area (Å²) in [5, 5.41) is 2.77. The first-order valence-corrected chi connectivity index (χ1v) is 10.3. The molecule has 0 spiro atoms. The second-order valence-corrected chi connectivity index (χ2v) is 7.55. The molecule has 1 heterocycles. The van der Waals surface area contributed by atoms with Crippen molar-refractivity contribution in [3.8, 4) is 11.5 Å². The Morgan fingerprint density at radius 1 is 1.09 bits per heavy atom. The van der Waals surface area contributed by atoms with E-state index in [1.165, 1.54) is 24.3 Å². The van der Waals surface area contributed by atoms with Crippen molar-refractivity contribution in [1.82, 2.24) is 0 Å². The van der Waals surface area contributed by atoms with Crippen molar-refractivity contribution in [3.63, 3.8) is 0 Å². The van der Waals surface area contributed by atoms with E-state index in [0.29, 0.717) is 35.8 Å². The molecule has 1 aliphatic rings. The first-order chi connectivity index (χ1) is 15.4. The van der Waals surface area contributed by atoms with Gasteiger partial charge in [0.05, 0.1) is 12.2 Å². The van der Waals surface area contributed by atoms with Crippen molar-refractivity contribution < 1.29 is 23.5 Å². The zero-order valence-electron chi connectivity index (χ0n) is 17.8. The number of hydrogen-bond donors (Lipinski definition) is 1. The molecule has 1 unspecified atom stereocenters. The minimum Gasteiger partial charge on any atom is -0.492 e. The Hall–Kier alpha value is -3.87. The average molecular weight is 434 g/mol. The molecule has 0 saturated heterocycles. The van der Waals surface area contributed by atoms with Gasteiger partial charge < -0.3 is 19.7 Å². The molecule has 0 fully saturated rings. The van der Waals surface area contributed by atoms with E-state index in [1.807, 2.05) is 31.2 Å². The summed E-state index contributed by atoms with van der Waals surface area (Å²) in [5.74, 6) is 0.294. The van der Waals surface area contributed by atoms with Gasteiger partial charge in [0.1, 0.15) is 23.9 Å². The molecule has 1 aliphatic heterocycles. The van der Waals surface area contributed by atoms with Crippen molar-refractivity contribution in [2.24, 2.45) is 0 Å². The molecule has 6 nitrogen and oxygen atoms in total. The van der Waals surface area contributed by atoms with Gasteiger partial charge in [-0.25, -0.2) is 4.39 Å². The number of benzene rings is 3. The Bertz CT molecular complexity index is 1130. The number of amides is 2. The van der Waals surface area contributed by atoms with Gasteiger partial charge in [0.25, 0.3) is 11.8 Å². The molecule has 0 saturated carbocycles. The van der Waals surface area contributed by atoms with Gasteiger partial charge in [-0.15, -0.1) is 0 Å². The number of nitrogens with zero attached hydrogens (tertiary/aromatic N) is 1.